The number of benzene rings is 1. The molecule has 1 aromatic heterocycles. The largest absolute Gasteiger partial charge is 0.458 e. The van der Waals surface area contributed by atoms with Gasteiger partial charge in [-0.25, -0.2) is 0 Å². The summed E-state index contributed by atoms with van der Waals surface area (Å²) in [5, 5.41) is 0.693. The quantitative estimate of drug-likeness (QED) is 0.687. The highest BCUT2D eigenvalue weighted by atomic mass is 35.5. The van der Waals surface area contributed by atoms with E-state index in [1.165, 1.54) is 0 Å². The average molecular weight is 262 g/mol. The lowest BCUT2D eigenvalue weighted by molar-refractivity contribution is 0.540. The fraction of sp³-hybridized carbons (Fsp3) is 0.0909. The molecule has 2 aromatic rings. The van der Waals surface area contributed by atoms with Crippen molar-refractivity contribution in [2.45, 2.75) is 4.84 Å². The minimum atomic E-state index is -0.633. The molecule has 0 saturated heterocycles. The van der Waals surface area contributed by atoms with Crippen LogP contribution >= 0.6 is 34.8 Å². The van der Waals surface area contributed by atoms with E-state index in [2.05, 4.69) is 0 Å². The second-order valence-corrected chi connectivity index (χ2v) is 4.54. The molecule has 4 heteroatoms. The maximum absolute atomic E-state index is 5.78. The lowest BCUT2D eigenvalue weighted by Crippen LogP contribution is -1.74. The third-order valence-electron chi connectivity index (χ3n) is 1.97. The van der Waals surface area contributed by atoms with Crippen LogP contribution < -0.4 is 0 Å². The third-order valence-corrected chi connectivity index (χ3v) is 2.65. The Morgan fingerprint density at radius 1 is 0.933 bits per heavy atom. The summed E-state index contributed by atoms with van der Waals surface area (Å²) < 4.78 is 5.46. The summed E-state index contributed by atoms with van der Waals surface area (Å²) in [6, 6.07) is 11.0. The molecule has 0 unspecified atom stereocenters. The zero-order valence-electron chi connectivity index (χ0n) is 7.58. The van der Waals surface area contributed by atoms with Crippen LogP contribution in [0.25, 0.3) is 11.3 Å². The minimum absolute atomic E-state index is 0.545. The van der Waals surface area contributed by atoms with Crippen LogP contribution in [0.4, 0.5) is 0 Å². The molecular weight excluding hydrogens is 254 g/mol. The topological polar surface area (TPSA) is 13.1 Å². The molecule has 1 aromatic carbocycles. The van der Waals surface area contributed by atoms with Crippen molar-refractivity contribution in [2.75, 3.05) is 0 Å². The SMILES string of the molecule is Clc1ccc(-c2ccc(C(Cl)Cl)o2)cc1. The van der Waals surface area contributed by atoms with Gasteiger partial charge in [-0.15, -0.1) is 0 Å². The van der Waals surface area contributed by atoms with E-state index >= 15 is 0 Å². The van der Waals surface area contributed by atoms with Crippen molar-refractivity contribution in [1.82, 2.24) is 0 Å². The molecule has 1 heterocycles. The van der Waals surface area contributed by atoms with Crippen LogP contribution in [0.15, 0.2) is 40.8 Å². The van der Waals surface area contributed by atoms with Crippen LogP contribution in [0, 0.1) is 0 Å². The van der Waals surface area contributed by atoms with Crippen LogP contribution in [0.5, 0.6) is 0 Å². The number of hydrogen-bond acceptors (Lipinski definition) is 1. The molecule has 0 aliphatic heterocycles. The Kier molecular flexibility index (Phi) is 3.25. The molecule has 0 bridgehead atoms. The van der Waals surface area contributed by atoms with Crippen molar-refractivity contribution in [3.05, 3.63) is 47.2 Å². The first kappa shape index (κ1) is 10.9. The van der Waals surface area contributed by atoms with Gasteiger partial charge < -0.3 is 4.42 Å². The summed E-state index contributed by atoms with van der Waals surface area (Å²) in [5.41, 5.74) is 0.944. The van der Waals surface area contributed by atoms with Crippen LogP contribution in [-0.4, -0.2) is 0 Å². The monoisotopic (exact) mass is 260 g/mol. The standard InChI is InChI=1S/C11H7Cl3O/c12-8-3-1-7(2-4-8)9-5-6-10(15-9)11(13)14/h1-6,11H. The molecule has 0 atom stereocenters. The fourth-order valence-electron chi connectivity index (χ4n) is 1.24. The number of halogens is 3. The van der Waals surface area contributed by atoms with Gasteiger partial charge in [-0.1, -0.05) is 34.8 Å². The zero-order chi connectivity index (χ0) is 10.8. The van der Waals surface area contributed by atoms with Gasteiger partial charge in [0, 0.05) is 10.6 Å². The molecule has 0 N–H and O–H groups in total. The molecule has 1 nitrogen and oxygen atoms in total. The van der Waals surface area contributed by atoms with Crippen molar-refractivity contribution in [3.8, 4) is 11.3 Å². The zero-order valence-corrected chi connectivity index (χ0v) is 9.85. The van der Waals surface area contributed by atoms with Gasteiger partial charge in [0.15, 0.2) is 4.84 Å². The highest BCUT2D eigenvalue weighted by molar-refractivity contribution is 6.43. The lowest BCUT2D eigenvalue weighted by atomic mass is 10.2. The first-order valence-electron chi connectivity index (χ1n) is 4.30. The Morgan fingerprint density at radius 2 is 1.60 bits per heavy atom. The number of rotatable bonds is 2. The normalized spacial score (nSPS) is 10.9. The molecule has 0 amide bonds. The van der Waals surface area contributed by atoms with E-state index in [1.54, 1.807) is 18.2 Å². The van der Waals surface area contributed by atoms with E-state index in [0.717, 1.165) is 11.3 Å². The predicted molar refractivity (Wildman–Crippen MR) is 63.6 cm³/mol. The van der Waals surface area contributed by atoms with Gasteiger partial charge in [0.25, 0.3) is 0 Å². The van der Waals surface area contributed by atoms with Crippen molar-refractivity contribution in [3.63, 3.8) is 0 Å². The second-order valence-electron chi connectivity index (χ2n) is 3.01. The highest BCUT2D eigenvalue weighted by Crippen LogP contribution is 2.30. The summed E-state index contributed by atoms with van der Waals surface area (Å²) >= 11 is 17.1. The Bertz CT molecular complexity index is 445. The number of hydrogen-bond donors (Lipinski definition) is 0. The van der Waals surface area contributed by atoms with Gasteiger partial charge in [-0.05, 0) is 36.4 Å². The maximum Gasteiger partial charge on any atom is 0.165 e. The van der Waals surface area contributed by atoms with Gasteiger partial charge >= 0.3 is 0 Å². The van der Waals surface area contributed by atoms with Crippen molar-refractivity contribution >= 4 is 34.8 Å². The van der Waals surface area contributed by atoms with Crippen LogP contribution in [0.2, 0.25) is 5.02 Å². The molecule has 15 heavy (non-hydrogen) atoms. The van der Waals surface area contributed by atoms with Gasteiger partial charge in [0.05, 0.1) is 0 Å². The van der Waals surface area contributed by atoms with Crippen molar-refractivity contribution in [2.24, 2.45) is 0 Å². The minimum Gasteiger partial charge on any atom is -0.458 e. The van der Waals surface area contributed by atoms with Crippen molar-refractivity contribution in [1.29, 1.82) is 0 Å². The molecule has 0 aliphatic carbocycles. The Labute approximate surface area is 103 Å². The summed E-state index contributed by atoms with van der Waals surface area (Å²) in [6.45, 7) is 0. The van der Waals surface area contributed by atoms with Crippen LogP contribution in [0.1, 0.15) is 10.6 Å². The Morgan fingerprint density at radius 3 is 2.13 bits per heavy atom. The Hall–Kier alpha value is -0.630. The third kappa shape index (κ3) is 2.49. The first-order valence-corrected chi connectivity index (χ1v) is 5.56. The molecule has 2 rings (SSSR count). The highest BCUT2D eigenvalue weighted by Gasteiger charge is 2.10. The molecule has 0 aliphatic rings. The van der Waals surface area contributed by atoms with E-state index in [-0.39, 0.29) is 0 Å². The van der Waals surface area contributed by atoms with Gasteiger partial charge in [0.2, 0.25) is 0 Å². The van der Waals surface area contributed by atoms with Gasteiger partial charge in [-0.2, -0.15) is 0 Å². The van der Waals surface area contributed by atoms with E-state index in [0.29, 0.717) is 10.8 Å². The predicted octanol–water partition coefficient (Wildman–Crippen LogP) is 5.08. The molecule has 78 valence electrons. The van der Waals surface area contributed by atoms with Crippen LogP contribution in [0.3, 0.4) is 0 Å². The summed E-state index contributed by atoms with van der Waals surface area (Å²) in [4.78, 5) is -0.633. The van der Waals surface area contributed by atoms with Crippen LogP contribution in [-0.2, 0) is 0 Å². The maximum atomic E-state index is 5.78. The summed E-state index contributed by atoms with van der Waals surface area (Å²) in [7, 11) is 0. The van der Waals surface area contributed by atoms with Gasteiger partial charge in [0.1, 0.15) is 11.5 Å². The van der Waals surface area contributed by atoms with E-state index in [9.17, 15) is 0 Å². The second kappa shape index (κ2) is 4.48. The number of alkyl halides is 2. The first-order chi connectivity index (χ1) is 7.16. The lowest BCUT2D eigenvalue weighted by Gasteiger charge is -1.98. The average Bonchev–Trinajstić information content (AvgIpc) is 2.68. The molecular formula is C11H7Cl3O. The molecule has 0 saturated carbocycles. The van der Waals surface area contributed by atoms with E-state index < -0.39 is 4.84 Å². The molecule has 0 spiro atoms. The Balaban J connectivity index is 2.33. The molecule has 0 fully saturated rings. The summed E-state index contributed by atoms with van der Waals surface area (Å²) in [5.74, 6) is 1.27. The van der Waals surface area contributed by atoms with E-state index in [4.69, 9.17) is 39.2 Å². The van der Waals surface area contributed by atoms with Crippen molar-refractivity contribution < 1.29 is 4.42 Å². The molecule has 0 radical (unpaired) electrons. The van der Waals surface area contributed by atoms with E-state index in [1.807, 2.05) is 18.2 Å². The van der Waals surface area contributed by atoms with Gasteiger partial charge in [-0.3, -0.25) is 0 Å². The number of furan rings is 1. The smallest absolute Gasteiger partial charge is 0.165 e. The summed E-state index contributed by atoms with van der Waals surface area (Å²) in [6.07, 6.45) is 0. The fourth-order valence-corrected chi connectivity index (χ4v) is 1.60.